The molecule has 6 rings (SSSR count). The van der Waals surface area contributed by atoms with Crippen LogP contribution in [-0.4, -0.2) is 92.9 Å². The molecule has 10 heteroatoms. The van der Waals surface area contributed by atoms with Crippen molar-refractivity contribution in [2.75, 3.05) is 69.5 Å². The molecule has 5 heterocycles. The van der Waals surface area contributed by atoms with E-state index in [-0.39, 0.29) is 12.2 Å². The van der Waals surface area contributed by atoms with E-state index in [1.165, 1.54) is 0 Å². The number of aromatic nitrogens is 3. The maximum Gasteiger partial charge on any atom is 0.229 e. The Balaban J connectivity index is 1.35. The van der Waals surface area contributed by atoms with Crippen LogP contribution < -0.4 is 19.9 Å². The highest BCUT2D eigenvalue weighted by molar-refractivity contribution is 5.90. The van der Waals surface area contributed by atoms with Crippen molar-refractivity contribution >= 4 is 22.8 Å². The van der Waals surface area contributed by atoms with Crippen molar-refractivity contribution in [2.45, 2.75) is 51.5 Å². The second-order valence-corrected chi connectivity index (χ2v) is 11.0. The van der Waals surface area contributed by atoms with Gasteiger partial charge in [0.25, 0.3) is 0 Å². The molecule has 1 N–H and O–H groups in total. The summed E-state index contributed by atoms with van der Waals surface area (Å²) in [5, 5.41) is 4.64. The smallest absolute Gasteiger partial charge is 0.229 e. The lowest BCUT2D eigenvalue weighted by Crippen LogP contribution is -2.46. The van der Waals surface area contributed by atoms with Gasteiger partial charge in [-0.2, -0.15) is 9.97 Å². The van der Waals surface area contributed by atoms with E-state index in [0.717, 1.165) is 92.6 Å². The van der Waals surface area contributed by atoms with Gasteiger partial charge in [-0.3, -0.25) is 0 Å². The third-order valence-electron chi connectivity index (χ3n) is 7.92. The first-order valence-corrected chi connectivity index (χ1v) is 14.5. The molecule has 0 spiro atoms. The van der Waals surface area contributed by atoms with Crippen molar-refractivity contribution in [3.63, 3.8) is 0 Å². The molecule has 10 nitrogen and oxygen atoms in total. The molecule has 0 saturated carbocycles. The predicted molar refractivity (Wildman–Crippen MR) is 155 cm³/mol. The predicted octanol–water partition coefficient (Wildman–Crippen LogP) is 3.42. The average molecular weight is 549 g/mol. The number of hydrogen-bond acceptors (Lipinski definition) is 10. The quantitative estimate of drug-likeness (QED) is 0.473. The number of anilines is 2. The second-order valence-electron chi connectivity index (χ2n) is 11.0. The van der Waals surface area contributed by atoms with E-state index >= 15 is 0 Å². The first-order valence-electron chi connectivity index (χ1n) is 14.5. The summed E-state index contributed by atoms with van der Waals surface area (Å²) in [6.45, 7) is 11.0. The van der Waals surface area contributed by atoms with Crippen LogP contribution in [0.25, 0.3) is 22.3 Å². The number of hydrogen-bond donors (Lipinski definition) is 1. The van der Waals surface area contributed by atoms with E-state index in [0.29, 0.717) is 30.9 Å². The molecule has 2 atom stereocenters. The molecule has 0 radical (unpaired) electrons. The molecule has 2 aromatic heterocycles. The van der Waals surface area contributed by atoms with Gasteiger partial charge in [0, 0.05) is 63.1 Å². The Labute approximate surface area is 236 Å². The molecule has 3 saturated heterocycles. The molecule has 0 bridgehead atoms. The molecule has 40 heavy (non-hydrogen) atoms. The summed E-state index contributed by atoms with van der Waals surface area (Å²) in [5.74, 6) is 2.50. The first kappa shape index (κ1) is 27.1. The Morgan fingerprint density at radius 1 is 0.900 bits per heavy atom. The minimum absolute atomic E-state index is 0.113. The minimum atomic E-state index is 0.113. The molecule has 0 aliphatic carbocycles. The van der Waals surface area contributed by atoms with E-state index in [1.54, 1.807) is 7.11 Å². The van der Waals surface area contributed by atoms with Crippen LogP contribution in [0.2, 0.25) is 0 Å². The summed E-state index contributed by atoms with van der Waals surface area (Å²) in [6, 6.07) is 10.9. The third-order valence-corrected chi connectivity index (χ3v) is 7.92. The van der Waals surface area contributed by atoms with Gasteiger partial charge in [-0.15, -0.1) is 0 Å². The van der Waals surface area contributed by atoms with Crippen molar-refractivity contribution in [3.05, 3.63) is 35.9 Å². The van der Waals surface area contributed by atoms with E-state index in [1.807, 2.05) is 6.07 Å². The molecule has 3 aromatic rings. The van der Waals surface area contributed by atoms with Gasteiger partial charge in [-0.05, 0) is 57.0 Å². The highest BCUT2D eigenvalue weighted by atomic mass is 16.5. The molecular formula is C30H40N6O4. The van der Waals surface area contributed by atoms with Gasteiger partial charge in [0.05, 0.1) is 43.6 Å². The summed E-state index contributed by atoms with van der Waals surface area (Å²) in [4.78, 5) is 19.7. The van der Waals surface area contributed by atoms with Crippen molar-refractivity contribution in [3.8, 4) is 17.0 Å². The zero-order chi connectivity index (χ0) is 27.5. The molecule has 1 aromatic carbocycles. The van der Waals surface area contributed by atoms with Crippen LogP contribution in [0.4, 0.5) is 11.8 Å². The Hall–Kier alpha value is -3.05. The van der Waals surface area contributed by atoms with Crippen molar-refractivity contribution in [1.29, 1.82) is 0 Å². The van der Waals surface area contributed by atoms with Crippen LogP contribution in [0.15, 0.2) is 30.3 Å². The fourth-order valence-electron chi connectivity index (χ4n) is 5.87. The van der Waals surface area contributed by atoms with Crippen molar-refractivity contribution in [1.82, 2.24) is 20.3 Å². The third kappa shape index (κ3) is 6.00. The van der Waals surface area contributed by atoms with Gasteiger partial charge in [0.2, 0.25) is 5.95 Å². The summed E-state index contributed by atoms with van der Waals surface area (Å²) >= 11 is 0. The van der Waals surface area contributed by atoms with E-state index in [2.05, 4.69) is 53.2 Å². The number of pyridine rings is 1. The van der Waals surface area contributed by atoms with Crippen molar-refractivity contribution < 1.29 is 18.9 Å². The standard InChI is InChI=1S/C30H40N6O4/c1-20-18-36(19-21(2)40-20)30-33-28-25(29(34-30)35-10-14-39-15-11-35)5-6-26(32-28)22-4-7-27(37-3)23(16-22)17-31-24-8-12-38-13-9-24/h4-7,16,20-21,24,31H,8-15,17-19H2,1-3H3/t20-,21+. The van der Waals surface area contributed by atoms with Crippen LogP contribution >= 0.6 is 0 Å². The Morgan fingerprint density at radius 2 is 1.65 bits per heavy atom. The molecular weight excluding hydrogens is 508 g/mol. The topological polar surface area (TPSA) is 94.1 Å². The van der Waals surface area contributed by atoms with Gasteiger partial charge >= 0.3 is 0 Å². The molecule has 0 amide bonds. The number of methoxy groups -OCH3 is 1. The SMILES string of the molecule is COc1ccc(-c2ccc3c(N4CCOCC4)nc(N4C[C@@H](C)O[C@@H](C)C4)nc3n2)cc1CNC1CCOCC1. The fraction of sp³-hybridized carbons (Fsp3) is 0.567. The number of morpholine rings is 2. The lowest BCUT2D eigenvalue weighted by molar-refractivity contribution is -0.00570. The summed E-state index contributed by atoms with van der Waals surface area (Å²) < 4.78 is 22.8. The van der Waals surface area contributed by atoms with Gasteiger partial charge < -0.3 is 34.1 Å². The van der Waals surface area contributed by atoms with Crippen LogP contribution in [-0.2, 0) is 20.8 Å². The monoisotopic (exact) mass is 548 g/mol. The lowest BCUT2D eigenvalue weighted by Gasteiger charge is -2.36. The summed E-state index contributed by atoms with van der Waals surface area (Å²) in [6.07, 6.45) is 2.29. The van der Waals surface area contributed by atoms with Crippen LogP contribution in [0.1, 0.15) is 32.3 Å². The highest BCUT2D eigenvalue weighted by Gasteiger charge is 2.27. The Morgan fingerprint density at radius 3 is 2.40 bits per heavy atom. The largest absolute Gasteiger partial charge is 0.496 e. The number of nitrogens with zero attached hydrogens (tertiary/aromatic N) is 5. The summed E-state index contributed by atoms with van der Waals surface area (Å²) in [5.41, 5.74) is 3.73. The fourth-order valence-corrected chi connectivity index (χ4v) is 5.87. The molecule has 3 aliphatic heterocycles. The number of rotatable bonds is 7. The molecule has 3 fully saturated rings. The van der Waals surface area contributed by atoms with E-state index in [9.17, 15) is 0 Å². The Bertz CT molecular complexity index is 1300. The van der Waals surface area contributed by atoms with E-state index < -0.39 is 0 Å². The number of fused-ring (bicyclic) bond motifs is 1. The molecule has 0 unspecified atom stereocenters. The second kappa shape index (κ2) is 12.2. The van der Waals surface area contributed by atoms with Gasteiger partial charge in [0.1, 0.15) is 11.6 Å². The average Bonchev–Trinajstić information content (AvgIpc) is 2.99. The maximum absolute atomic E-state index is 5.98. The van der Waals surface area contributed by atoms with Gasteiger partial charge in [-0.1, -0.05) is 0 Å². The minimum Gasteiger partial charge on any atom is -0.496 e. The summed E-state index contributed by atoms with van der Waals surface area (Å²) in [7, 11) is 1.72. The zero-order valence-corrected chi connectivity index (χ0v) is 23.8. The van der Waals surface area contributed by atoms with Gasteiger partial charge in [-0.25, -0.2) is 4.98 Å². The van der Waals surface area contributed by atoms with Crippen LogP contribution in [0, 0.1) is 0 Å². The first-order chi connectivity index (χ1) is 19.6. The van der Waals surface area contributed by atoms with Crippen LogP contribution in [0.5, 0.6) is 5.75 Å². The van der Waals surface area contributed by atoms with Crippen molar-refractivity contribution in [2.24, 2.45) is 0 Å². The normalized spacial score (nSPS) is 22.6. The van der Waals surface area contributed by atoms with Crippen LogP contribution in [0.3, 0.4) is 0 Å². The van der Waals surface area contributed by atoms with Gasteiger partial charge in [0.15, 0.2) is 5.65 Å². The Kier molecular flexibility index (Phi) is 8.29. The molecule has 3 aliphatic rings. The molecule has 214 valence electrons. The number of ether oxygens (including phenoxy) is 4. The maximum atomic E-state index is 5.98. The lowest BCUT2D eigenvalue weighted by atomic mass is 10.0. The van der Waals surface area contributed by atoms with E-state index in [4.69, 9.17) is 33.9 Å². The zero-order valence-electron chi connectivity index (χ0n) is 23.8. The highest BCUT2D eigenvalue weighted by Crippen LogP contribution is 2.31. The number of benzene rings is 1. The number of nitrogens with one attached hydrogen (secondary N) is 1.